The number of aliphatic hydroxyl groups is 1. The Bertz CT molecular complexity index is 1040. The number of rotatable bonds is 7. The third-order valence-electron chi connectivity index (χ3n) is 5.76. The van der Waals surface area contributed by atoms with E-state index in [-0.39, 0.29) is 23.0 Å². The maximum absolute atomic E-state index is 13.3. The van der Waals surface area contributed by atoms with Gasteiger partial charge in [0.1, 0.15) is 23.3 Å². The molecule has 0 aliphatic carbocycles. The number of aromatic hydroxyl groups is 1. The van der Waals surface area contributed by atoms with Crippen LogP contribution in [0.15, 0.2) is 34.1 Å². The van der Waals surface area contributed by atoms with E-state index in [1.807, 2.05) is 0 Å². The number of methoxy groups -OCH3 is 1. The summed E-state index contributed by atoms with van der Waals surface area (Å²) in [6.45, 7) is 2.20. The molecule has 1 aromatic heterocycles. The number of hydrogen-bond acceptors (Lipinski definition) is 7. The van der Waals surface area contributed by atoms with Crippen LogP contribution in [0.25, 0.3) is 0 Å². The first-order valence-corrected chi connectivity index (χ1v) is 10.4. The van der Waals surface area contributed by atoms with Gasteiger partial charge in [-0.3, -0.25) is 15.1 Å². The Labute approximate surface area is 179 Å². The van der Waals surface area contributed by atoms with Gasteiger partial charge in [0.25, 0.3) is 5.56 Å². The number of aliphatic imine (C=N–C) groups is 1. The third kappa shape index (κ3) is 4.21. The zero-order valence-electron chi connectivity index (χ0n) is 17.4. The Hall–Kier alpha value is -2.75. The molecule has 3 heterocycles. The molecule has 9 heteroatoms. The maximum atomic E-state index is 13.3. The average Bonchev–Trinajstić information content (AvgIpc) is 2.99. The second kappa shape index (κ2) is 9.17. The van der Waals surface area contributed by atoms with Gasteiger partial charge in [-0.2, -0.15) is 0 Å². The van der Waals surface area contributed by atoms with Crippen molar-refractivity contribution in [3.63, 3.8) is 0 Å². The molecule has 4 rings (SSSR count). The lowest BCUT2D eigenvalue weighted by atomic mass is 9.88. The van der Waals surface area contributed by atoms with Crippen LogP contribution in [0, 0.1) is 11.7 Å². The fourth-order valence-electron chi connectivity index (χ4n) is 4.24. The van der Waals surface area contributed by atoms with E-state index in [1.165, 1.54) is 12.1 Å². The van der Waals surface area contributed by atoms with E-state index in [0.717, 1.165) is 11.3 Å². The molecule has 0 saturated carbocycles. The standard InChI is InChI=1S/C22H27FN4O4/c1-31-10-8-25-21(29)16-20(28)18-19-17(24-7-2-9-27(19)22(16)30)14(12-26-18)11-13-3-5-15(23)6-4-13/h3-6,14,21,25-26,28-29H,2,7-12H2,1H3. The summed E-state index contributed by atoms with van der Waals surface area (Å²) in [5.41, 5.74) is 2.20. The number of anilines is 1. The monoisotopic (exact) mass is 430 g/mol. The van der Waals surface area contributed by atoms with Gasteiger partial charge in [-0.15, -0.1) is 0 Å². The fourth-order valence-corrected chi connectivity index (χ4v) is 4.24. The molecule has 2 atom stereocenters. The normalized spacial score (nSPS) is 18.5. The number of nitrogens with zero attached hydrogens (tertiary/aromatic N) is 2. The topological polar surface area (TPSA) is 108 Å². The minimum atomic E-state index is -1.32. The number of halogens is 1. The van der Waals surface area contributed by atoms with Crippen LogP contribution in [-0.4, -0.2) is 53.8 Å². The molecule has 2 aromatic rings. The van der Waals surface area contributed by atoms with Gasteiger partial charge in [0, 0.05) is 39.2 Å². The molecular formula is C22H27FN4O4. The Kier molecular flexibility index (Phi) is 6.35. The zero-order chi connectivity index (χ0) is 22.0. The molecule has 4 N–H and O–H groups in total. The predicted octanol–water partition coefficient (Wildman–Crippen LogP) is 1.40. The Morgan fingerprint density at radius 1 is 1.39 bits per heavy atom. The number of aliphatic hydroxyl groups excluding tert-OH is 1. The van der Waals surface area contributed by atoms with Crippen molar-refractivity contribution in [3.8, 4) is 5.75 Å². The Balaban J connectivity index is 1.72. The van der Waals surface area contributed by atoms with Crippen molar-refractivity contribution < 1.29 is 19.3 Å². The highest BCUT2D eigenvalue weighted by Gasteiger charge is 2.35. The van der Waals surface area contributed by atoms with E-state index in [1.54, 1.807) is 23.8 Å². The molecule has 2 aliphatic rings. The van der Waals surface area contributed by atoms with Crippen LogP contribution >= 0.6 is 0 Å². The van der Waals surface area contributed by atoms with Crippen LogP contribution in [0.3, 0.4) is 0 Å². The molecule has 1 aromatic carbocycles. The van der Waals surface area contributed by atoms with Crippen LogP contribution in [0.5, 0.6) is 5.75 Å². The van der Waals surface area contributed by atoms with Crippen molar-refractivity contribution >= 4 is 11.4 Å². The number of aromatic nitrogens is 1. The molecule has 0 bridgehead atoms. The molecule has 0 radical (unpaired) electrons. The molecule has 0 fully saturated rings. The van der Waals surface area contributed by atoms with E-state index < -0.39 is 11.8 Å². The number of pyridine rings is 1. The van der Waals surface area contributed by atoms with Crippen molar-refractivity contribution in [3.05, 3.63) is 57.3 Å². The summed E-state index contributed by atoms with van der Waals surface area (Å²) in [4.78, 5) is 18.0. The summed E-state index contributed by atoms with van der Waals surface area (Å²) in [7, 11) is 1.54. The number of ether oxygens (including phenoxy) is 1. The van der Waals surface area contributed by atoms with Gasteiger partial charge in [-0.1, -0.05) is 12.1 Å². The summed E-state index contributed by atoms with van der Waals surface area (Å²) in [5.74, 6) is -0.577. The number of benzene rings is 1. The molecule has 0 amide bonds. The van der Waals surface area contributed by atoms with Crippen molar-refractivity contribution in [2.45, 2.75) is 25.6 Å². The van der Waals surface area contributed by atoms with E-state index in [0.29, 0.717) is 57.0 Å². The van der Waals surface area contributed by atoms with Gasteiger partial charge in [-0.25, -0.2) is 4.39 Å². The highest BCUT2D eigenvalue weighted by atomic mass is 19.1. The van der Waals surface area contributed by atoms with Gasteiger partial charge in [0.2, 0.25) is 0 Å². The van der Waals surface area contributed by atoms with Gasteiger partial charge in [0.15, 0.2) is 5.75 Å². The van der Waals surface area contributed by atoms with Crippen LogP contribution in [-0.2, 0) is 17.7 Å². The summed E-state index contributed by atoms with van der Waals surface area (Å²) in [5, 5.41) is 27.5. The second-order valence-electron chi connectivity index (χ2n) is 7.82. The minimum Gasteiger partial charge on any atom is -0.505 e. The average molecular weight is 430 g/mol. The molecule has 2 unspecified atom stereocenters. The van der Waals surface area contributed by atoms with Crippen LogP contribution in [0.1, 0.15) is 29.5 Å². The van der Waals surface area contributed by atoms with Gasteiger partial charge < -0.3 is 24.8 Å². The van der Waals surface area contributed by atoms with Gasteiger partial charge in [-0.05, 0) is 30.5 Å². The predicted molar refractivity (Wildman–Crippen MR) is 115 cm³/mol. The van der Waals surface area contributed by atoms with Crippen molar-refractivity contribution in [2.75, 3.05) is 38.7 Å². The first-order valence-electron chi connectivity index (χ1n) is 10.4. The minimum absolute atomic E-state index is 0.0308. The zero-order valence-corrected chi connectivity index (χ0v) is 17.4. The third-order valence-corrected chi connectivity index (χ3v) is 5.76. The molecule has 0 spiro atoms. The highest BCUT2D eigenvalue weighted by molar-refractivity contribution is 6.08. The molecular weight excluding hydrogens is 403 g/mol. The smallest absolute Gasteiger partial charge is 0.262 e. The number of nitrogens with one attached hydrogen (secondary N) is 2. The fraction of sp³-hybridized carbons (Fsp3) is 0.455. The Morgan fingerprint density at radius 2 is 2.16 bits per heavy atom. The van der Waals surface area contributed by atoms with Crippen molar-refractivity contribution in [2.24, 2.45) is 10.9 Å². The molecule has 31 heavy (non-hydrogen) atoms. The lowest BCUT2D eigenvalue weighted by molar-refractivity contribution is 0.115. The summed E-state index contributed by atoms with van der Waals surface area (Å²) >= 11 is 0. The van der Waals surface area contributed by atoms with Crippen molar-refractivity contribution in [1.29, 1.82) is 0 Å². The number of hydrogen-bond donors (Lipinski definition) is 4. The maximum Gasteiger partial charge on any atom is 0.262 e. The summed E-state index contributed by atoms with van der Waals surface area (Å²) in [6, 6.07) is 6.36. The van der Waals surface area contributed by atoms with Gasteiger partial charge in [0.05, 0.1) is 18.0 Å². The molecule has 2 aliphatic heterocycles. The first-order chi connectivity index (χ1) is 15.0. The lowest BCUT2D eigenvalue weighted by Gasteiger charge is -2.31. The molecule has 166 valence electrons. The first kappa shape index (κ1) is 21.5. The van der Waals surface area contributed by atoms with Crippen LogP contribution in [0.4, 0.5) is 10.1 Å². The highest BCUT2D eigenvalue weighted by Crippen LogP contribution is 2.37. The lowest BCUT2D eigenvalue weighted by Crippen LogP contribution is -2.40. The summed E-state index contributed by atoms with van der Waals surface area (Å²) < 4.78 is 19.8. The molecule has 8 nitrogen and oxygen atoms in total. The van der Waals surface area contributed by atoms with Crippen LogP contribution < -0.4 is 16.2 Å². The second-order valence-corrected chi connectivity index (χ2v) is 7.82. The van der Waals surface area contributed by atoms with E-state index in [4.69, 9.17) is 9.73 Å². The van der Waals surface area contributed by atoms with E-state index >= 15 is 0 Å². The SMILES string of the molecule is COCCNC(O)c1c(O)c2c3n(c1=O)CCCN=C3C(Cc1ccc(F)cc1)CN2. The summed E-state index contributed by atoms with van der Waals surface area (Å²) in [6.07, 6.45) is -0.0148. The largest absolute Gasteiger partial charge is 0.505 e. The quantitative estimate of drug-likeness (QED) is 0.391. The van der Waals surface area contributed by atoms with Crippen LogP contribution in [0.2, 0.25) is 0 Å². The molecule has 0 saturated heterocycles. The van der Waals surface area contributed by atoms with Gasteiger partial charge >= 0.3 is 0 Å². The van der Waals surface area contributed by atoms with E-state index in [2.05, 4.69) is 10.6 Å². The van der Waals surface area contributed by atoms with E-state index in [9.17, 15) is 19.4 Å². The van der Waals surface area contributed by atoms with Crippen molar-refractivity contribution in [1.82, 2.24) is 9.88 Å². The Morgan fingerprint density at radius 3 is 2.90 bits per heavy atom.